The molecular weight excluding hydrogens is 481 g/mol. The number of sulfone groups is 1. The second-order valence-electron chi connectivity index (χ2n) is 8.59. The van der Waals surface area contributed by atoms with Crippen molar-refractivity contribution in [2.75, 3.05) is 18.0 Å². The van der Waals surface area contributed by atoms with Crippen molar-refractivity contribution in [3.8, 4) is 0 Å². The van der Waals surface area contributed by atoms with Crippen molar-refractivity contribution < 1.29 is 21.6 Å². The van der Waals surface area contributed by atoms with E-state index in [1.807, 2.05) is 10.3 Å². The molecular formula is C25H27F3N2O2S2. The Hall–Kier alpha value is -2.39. The van der Waals surface area contributed by atoms with Crippen molar-refractivity contribution in [1.29, 1.82) is 0 Å². The van der Waals surface area contributed by atoms with Gasteiger partial charge < -0.3 is 4.90 Å². The second kappa shape index (κ2) is 10.1. The minimum Gasteiger partial charge on any atom is -0.348 e. The lowest BCUT2D eigenvalue weighted by Crippen LogP contribution is -2.39. The van der Waals surface area contributed by atoms with Crippen molar-refractivity contribution >= 4 is 26.3 Å². The second-order valence-corrected chi connectivity index (χ2v) is 11.6. The minimum atomic E-state index is -4.71. The Bertz CT molecular complexity index is 1210. The number of thiazole rings is 1. The molecule has 0 bridgehead atoms. The molecule has 0 N–H and O–H groups in total. The summed E-state index contributed by atoms with van der Waals surface area (Å²) in [5.41, 5.74) is 2.37. The number of rotatable bonds is 7. The normalized spacial score (nSPS) is 15.6. The number of nitrogens with zero attached hydrogens (tertiary/aromatic N) is 2. The maximum Gasteiger partial charge on any atom is 0.417 e. The first kappa shape index (κ1) is 24.7. The van der Waals surface area contributed by atoms with Gasteiger partial charge in [0.05, 0.1) is 21.4 Å². The first-order chi connectivity index (χ1) is 16.2. The molecule has 0 saturated carbocycles. The Labute approximate surface area is 202 Å². The summed E-state index contributed by atoms with van der Waals surface area (Å²) < 4.78 is 66.2. The van der Waals surface area contributed by atoms with Gasteiger partial charge in [-0.3, -0.25) is 0 Å². The fraction of sp³-hybridized carbons (Fsp3) is 0.400. The topological polar surface area (TPSA) is 50.3 Å². The molecule has 2 heterocycles. The quantitative estimate of drug-likeness (QED) is 0.384. The molecule has 3 aromatic rings. The summed E-state index contributed by atoms with van der Waals surface area (Å²) in [7, 11) is -4.09. The molecule has 4 rings (SSSR count). The van der Waals surface area contributed by atoms with Crippen LogP contribution in [0.15, 0.2) is 58.8 Å². The number of aryl methyl sites for hydroxylation is 1. The van der Waals surface area contributed by atoms with Gasteiger partial charge in [-0.05, 0) is 42.5 Å². The molecule has 9 heteroatoms. The van der Waals surface area contributed by atoms with Crippen LogP contribution in [-0.2, 0) is 28.9 Å². The smallest absolute Gasteiger partial charge is 0.348 e. The van der Waals surface area contributed by atoms with Crippen LogP contribution in [0.2, 0.25) is 0 Å². The molecule has 182 valence electrons. The number of hydrogen-bond donors (Lipinski definition) is 0. The van der Waals surface area contributed by atoms with Gasteiger partial charge in [-0.1, -0.05) is 49.7 Å². The van der Waals surface area contributed by atoms with Crippen LogP contribution in [0.1, 0.15) is 48.6 Å². The third-order valence-corrected chi connectivity index (χ3v) is 9.41. The number of alkyl halides is 3. The largest absolute Gasteiger partial charge is 0.417 e. The number of anilines is 1. The molecule has 1 aliphatic heterocycles. The van der Waals surface area contributed by atoms with Gasteiger partial charge in [0.15, 0.2) is 15.0 Å². The number of benzene rings is 2. The summed E-state index contributed by atoms with van der Waals surface area (Å²) in [6.07, 6.45) is -1.28. The van der Waals surface area contributed by atoms with Crippen molar-refractivity contribution in [2.24, 2.45) is 0 Å². The maximum absolute atomic E-state index is 13.4. The zero-order valence-corrected chi connectivity index (χ0v) is 20.5. The minimum absolute atomic E-state index is 0.266. The first-order valence-electron chi connectivity index (χ1n) is 11.4. The predicted octanol–water partition coefficient (Wildman–Crippen LogP) is 6.15. The standard InChI is InChI=1S/C25H27F3N2O2S2/c1-2-5-18-8-10-19(11-9-18)16-20-17-33-24(29-20)30-14-12-21(13-15-30)34(31,32)23-7-4-3-6-22(23)25(26,27)28/h3-4,6-11,17,21H,2,5,12-16H2,1H3. The summed E-state index contributed by atoms with van der Waals surface area (Å²) in [6, 6.07) is 13.0. The van der Waals surface area contributed by atoms with Gasteiger partial charge in [-0.25, -0.2) is 13.4 Å². The molecule has 0 spiro atoms. The molecule has 0 atom stereocenters. The summed E-state index contributed by atoms with van der Waals surface area (Å²) in [5, 5.41) is 2.00. The van der Waals surface area contributed by atoms with Crippen LogP contribution in [0.5, 0.6) is 0 Å². The summed E-state index contributed by atoms with van der Waals surface area (Å²) in [6.45, 7) is 3.04. The van der Waals surface area contributed by atoms with Crippen LogP contribution < -0.4 is 4.90 Å². The van der Waals surface area contributed by atoms with Gasteiger partial charge in [0.25, 0.3) is 0 Å². The fourth-order valence-electron chi connectivity index (χ4n) is 4.33. The van der Waals surface area contributed by atoms with E-state index in [0.29, 0.717) is 13.1 Å². The van der Waals surface area contributed by atoms with Gasteiger partial charge in [0, 0.05) is 24.9 Å². The molecule has 0 unspecified atom stereocenters. The third-order valence-electron chi connectivity index (χ3n) is 6.14. The Morgan fingerprint density at radius 1 is 1.03 bits per heavy atom. The van der Waals surface area contributed by atoms with Crippen molar-refractivity contribution in [1.82, 2.24) is 4.98 Å². The first-order valence-corrected chi connectivity index (χ1v) is 13.8. The van der Waals surface area contributed by atoms with Gasteiger partial charge in [-0.2, -0.15) is 13.2 Å². The van der Waals surface area contributed by atoms with E-state index in [4.69, 9.17) is 4.98 Å². The van der Waals surface area contributed by atoms with E-state index in [1.165, 1.54) is 34.6 Å². The third kappa shape index (κ3) is 5.46. The summed E-state index contributed by atoms with van der Waals surface area (Å²) in [4.78, 5) is 6.13. The molecule has 34 heavy (non-hydrogen) atoms. The van der Waals surface area contributed by atoms with E-state index in [1.54, 1.807) is 0 Å². The zero-order chi connectivity index (χ0) is 24.3. The van der Waals surface area contributed by atoms with Gasteiger partial charge >= 0.3 is 6.18 Å². The summed E-state index contributed by atoms with van der Waals surface area (Å²) >= 11 is 1.51. The van der Waals surface area contributed by atoms with E-state index in [0.717, 1.165) is 42.2 Å². The van der Waals surface area contributed by atoms with E-state index in [9.17, 15) is 21.6 Å². The monoisotopic (exact) mass is 508 g/mol. The lowest BCUT2D eigenvalue weighted by molar-refractivity contribution is -0.139. The number of piperidine rings is 1. The molecule has 1 fully saturated rings. The predicted molar refractivity (Wildman–Crippen MR) is 129 cm³/mol. The van der Waals surface area contributed by atoms with Crippen LogP contribution in [0, 0.1) is 0 Å². The van der Waals surface area contributed by atoms with E-state index < -0.39 is 31.7 Å². The molecule has 0 aliphatic carbocycles. The lowest BCUT2D eigenvalue weighted by atomic mass is 10.1. The molecule has 0 amide bonds. The molecule has 1 aliphatic rings. The van der Waals surface area contributed by atoms with Crippen LogP contribution >= 0.6 is 11.3 Å². The molecule has 1 aromatic heterocycles. The highest BCUT2D eigenvalue weighted by atomic mass is 32.2. The van der Waals surface area contributed by atoms with Gasteiger partial charge in [0.1, 0.15) is 0 Å². The van der Waals surface area contributed by atoms with E-state index >= 15 is 0 Å². The Kier molecular flexibility index (Phi) is 7.33. The zero-order valence-electron chi connectivity index (χ0n) is 18.9. The van der Waals surface area contributed by atoms with E-state index in [2.05, 4.69) is 31.2 Å². The van der Waals surface area contributed by atoms with Crippen molar-refractivity contribution in [2.45, 2.75) is 55.3 Å². The highest BCUT2D eigenvalue weighted by Crippen LogP contribution is 2.37. The van der Waals surface area contributed by atoms with Gasteiger partial charge in [-0.15, -0.1) is 11.3 Å². The average Bonchev–Trinajstić information content (AvgIpc) is 3.28. The van der Waals surface area contributed by atoms with Crippen LogP contribution in [0.25, 0.3) is 0 Å². The maximum atomic E-state index is 13.4. The van der Waals surface area contributed by atoms with Crippen LogP contribution in [0.3, 0.4) is 0 Å². The average molecular weight is 509 g/mol. The number of halogens is 3. The molecule has 2 aromatic carbocycles. The SMILES string of the molecule is CCCc1ccc(Cc2csc(N3CCC(S(=O)(=O)c4ccccc4C(F)(F)F)CC3)n2)cc1. The Morgan fingerprint density at radius 3 is 2.32 bits per heavy atom. The van der Waals surface area contributed by atoms with Crippen molar-refractivity contribution in [3.63, 3.8) is 0 Å². The number of aromatic nitrogens is 1. The highest BCUT2D eigenvalue weighted by Gasteiger charge is 2.40. The Morgan fingerprint density at radius 2 is 1.68 bits per heavy atom. The lowest BCUT2D eigenvalue weighted by Gasteiger charge is -2.31. The fourth-order valence-corrected chi connectivity index (χ4v) is 7.16. The molecule has 0 radical (unpaired) electrons. The Balaban J connectivity index is 1.40. The summed E-state index contributed by atoms with van der Waals surface area (Å²) in [5.74, 6) is 0. The van der Waals surface area contributed by atoms with Crippen molar-refractivity contribution in [3.05, 3.63) is 76.3 Å². The van der Waals surface area contributed by atoms with Crippen LogP contribution in [-0.4, -0.2) is 31.7 Å². The molecule has 1 saturated heterocycles. The number of hydrogen-bond acceptors (Lipinski definition) is 5. The van der Waals surface area contributed by atoms with Gasteiger partial charge in [0.2, 0.25) is 0 Å². The van der Waals surface area contributed by atoms with Crippen LogP contribution in [0.4, 0.5) is 18.3 Å². The molecule has 4 nitrogen and oxygen atoms in total. The highest BCUT2D eigenvalue weighted by molar-refractivity contribution is 7.92. The van der Waals surface area contributed by atoms with E-state index in [-0.39, 0.29) is 12.8 Å².